The van der Waals surface area contributed by atoms with E-state index < -0.39 is 14.1 Å². The van der Waals surface area contributed by atoms with Gasteiger partial charge in [0.2, 0.25) is 0 Å². The van der Waals surface area contributed by atoms with Crippen molar-refractivity contribution >= 4 is 41.6 Å². The minimum atomic E-state index is -2.26. The quantitative estimate of drug-likeness (QED) is 0.178. The predicted molar refractivity (Wildman–Crippen MR) is 173 cm³/mol. The van der Waals surface area contributed by atoms with Crippen molar-refractivity contribution < 1.29 is 13.6 Å². The first-order valence-corrected chi connectivity index (χ1v) is 17.3. The maximum Gasteiger partial charge on any atom is 0.250 e. The van der Waals surface area contributed by atoms with E-state index in [1.165, 1.54) is 6.33 Å². The Kier molecular flexibility index (Phi) is 8.15. The zero-order valence-corrected chi connectivity index (χ0v) is 27.4. The molecule has 5 rings (SSSR count). The maximum atomic E-state index is 16.1. The van der Waals surface area contributed by atoms with E-state index in [1.807, 2.05) is 46.4 Å². The topological polar surface area (TPSA) is 90.2 Å². The van der Waals surface area contributed by atoms with Gasteiger partial charge in [-0.3, -0.25) is 9.67 Å². The second-order valence-corrected chi connectivity index (χ2v) is 17.5. The van der Waals surface area contributed by atoms with Gasteiger partial charge in [-0.05, 0) is 69.0 Å². The molecule has 3 aromatic heterocycles. The van der Waals surface area contributed by atoms with Crippen LogP contribution < -0.4 is 14.5 Å². The van der Waals surface area contributed by atoms with Crippen molar-refractivity contribution in [2.24, 2.45) is 7.05 Å². The Labute approximate surface area is 253 Å². The summed E-state index contributed by atoms with van der Waals surface area (Å²) >= 11 is 0. The standard InChI is InChI=1S/C32H40FN7O2Si/c1-20(17-39(5)6)41-26-14-21(22-16-37-40(7)18-22)13-24-28(26)31(36-19-35-24)38-25-15-27(42-43(8,9)32(2,3)4)30-23(29(25)33)11-10-12-34-30/h10-16,18-20H,17H2,1-9H3,(H,35,36,38)/t20-/m1/s1. The van der Waals surface area contributed by atoms with Crippen molar-refractivity contribution in [2.75, 3.05) is 26.0 Å². The van der Waals surface area contributed by atoms with Gasteiger partial charge in [-0.15, -0.1) is 0 Å². The Balaban J connectivity index is 1.66. The summed E-state index contributed by atoms with van der Waals surface area (Å²) in [5.74, 6) is 1.12. The predicted octanol–water partition coefficient (Wildman–Crippen LogP) is 7.17. The molecular formula is C32H40FN7O2Si. The molecular weight excluding hydrogens is 561 g/mol. The first-order valence-electron chi connectivity index (χ1n) is 14.4. The van der Waals surface area contributed by atoms with Crippen molar-refractivity contribution in [3.05, 3.63) is 61.1 Å². The van der Waals surface area contributed by atoms with Gasteiger partial charge in [0.1, 0.15) is 35.3 Å². The zero-order chi connectivity index (χ0) is 31.1. The van der Waals surface area contributed by atoms with Crippen molar-refractivity contribution in [2.45, 2.75) is 51.9 Å². The number of hydrogen-bond donors (Lipinski definition) is 1. The molecule has 3 heterocycles. The van der Waals surface area contributed by atoms with Crippen LogP contribution in [0.4, 0.5) is 15.9 Å². The van der Waals surface area contributed by atoms with Crippen molar-refractivity contribution in [3.63, 3.8) is 0 Å². The van der Waals surface area contributed by atoms with E-state index in [1.54, 1.807) is 35.3 Å². The van der Waals surface area contributed by atoms with Crippen LogP contribution in [-0.2, 0) is 7.05 Å². The fraction of sp³-hybridized carbons (Fsp3) is 0.375. The van der Waals surface area contributed by atoms with Gasteiger partial charge < -0.3 is 19.4 Å². The molecule has 1 N–H and O–H groups in total. The Morgan fingerprint density at radius 1 is 1.07 bits per heavy atom. The normalized spacial score (nSPS) is 13.1. The number of pyridine rings is 1. The van der Waals surface area contributed by atoms with Gasteiger partial charge in [-0.2, -0.15) is 5.10 Å². The first-order chi connectivity index (χ1) is 20.2. The van der Waals surface area contributed by atoms with Crippen LogP contribution in [0.5, 0.6) is 11.5 Å². The average Bonchev–Trinajstić information content (AvgIpc) is 3.36. The molecule has 9 nitrogen and oxygen atoms in total. The zero-order valence-electron chi connectivity index (χ0n) is 26.4. The Morgan fingerprint density at radius 3 is 2.51 bits per heavy atom. The number of anilines is 2. The molecule has 0 saturated heterocycles. The molecule has 0 saturated carbocycles. The lowest BCUT2D eigenvalue weighted by Gasteiger charge is -2.36. The molecule has 5 aromatic rings. The molecule has 1 atom stereocenters. The highest BCUT2D eigenvalue weighted by Gasteiger charge is 2.39. The van der Waals surface area contributed by atoms with Gasteiger partial charge >= 0.3 is 0 Å². The van der Waals surface area contributed by atoms with Crippen LogP contribution in [0.1, 0.15) is 27.7 Å². The molecule has 0 spiro atoms. The van der Waals surface area contributed by atoms with Gasteiger partial charge in [0, 0.05) is 43.0 Å². The van der Waals surface area contributed by atoms with Gasteiger partial charge in [0.05, 0.1) is 22.8 Å². The van der Waals surface area contributed by atoms with Crippen LogP contribution in [-0.4, -0.2) is 64.7 Å². The third-order valence-electron chi connectivity index (χ3n) is 7.90. The summed E-state index contributed by atoms with van der Waals surface area (Å²) in [5, 5.41) is 8.56. The van der Waals surface area contributed by atoms with Crippen molar-refractivity contribution in [1.82, 2.24) is 29.6 Å². The molecule has 0 radical (unpaired) electrons. The highest BCUT2D eigenvalue weighted by molar-refractivity contribution is 6.74. The van der Waals surface area contributed by atoms with E-state index in [9.17, 15) is 0 Å². The molecule has 0 fully saturated rings. The van der Waals surface area contributed by atoms with E-state index in [4.69, 9.17) is 9.16 Å². The third-order valence-corrected chi connectivity index (χ3v) is 12.2. The number of rotatable bonds is 9. The highest BCUT2D eigenvalue weighted by atomic mass is 28.4. The number of fused-ring (bicyclic) bond motifs is 2. The van der Waals surface area contributed by atoms with Gasteiger partial charge in [-0.25, -0.2) is 14.4 Å². The lowest BCUT2D eigenvalue weighted by molar-refractivity contribution is 0.179. The fourth-order valence-corrected chi connectivity index (χ4v) is 5.77. The largest absolute Gasteiger partial charge is 0.542 e. The smallest absolute Gasteiger partial charge is 0.250 e. The monoisotopic (exact) mass is 601 g/mol. The second kappa shape index (κ2) is 11.5. The number of ether oxygens (including phenoxy) is 1. The van der Waals surface area contributed by atoms with E-state index in [-0.39, 0.29) is 16.8 Å². The maximum absolute atomic E-state index is 16.1. The summed E-state index contributed by atoms with van der Waals surface area (Å²) < 4.78 is 31.0. The SMILES string of the molecule is C[C@H](CN(C)C)Oc1cc(-c2cnn(C)c2)cc2ncnc(Nc3cc(O[Si](C)(C)C(C)(C)C)c4ncccc4c3F)c12. The molecule has 0 aliphatic rings. The molecule has 0 unspecified atom stereocenters. The van der Waals surface area contributed by atoms with Crippen LogP contribution in [0, 0.1) is 5.82 Å². The molecule has 2 aromatic carbocycles. The lowest BCUT2D eigenvalue weighted by Crippen LogP contribution is -2.44. The number of aromatic nitrogens is 5. The van der Waals surface area contributed by atoms with Crippen LogP contribution >= 0.6 is 0 Å². The number of nitrogens with one attached hydrogen (secondary N) is 1. The number of benzene rings is 2. The van der Waals surface area contributed by atoms with Crippen LogP contribution in [0.15, 0.2) is 55.2 Å². The summed E-state index contributed by atoms with van der Waals surface area (Å²) in [6, 6.07) is 9.07. The number of hydrogen-bond acceptors (Lipinski definition) is 8. The van der Waals surface area contributed by atoms with E-state index >= 15 is 4.39 Å². The average molecular weight is 602 g/mol. The molecule has 0 bridgehead atoms. The Hall–Kier alpha value is -4.09. The molecule has 0 aliphatic heterocycles. The van der Waals surface area contributed by atoms with Gasteiger partial charge in [0.25, 0.3) is 8.32 Å². The van der Waals surface area contributed by atoms with Crippen LogP contribution in [0.3, 0.4) is 0 Å². The van der Waals surface area contributed by atoms with E-state index in [0.29, 0.717) is 45.7 Å². The first kappa shape index (κ1) is 30.4. The number of halogens is 1. The third kappa shape index (κ3) is 6.32. The molecule has 0 amide bonds. The highest BCUT2D eigenvalue weighted by Crippen LogP contribution is 2.42. The Morgan fingerprint density at radius 2 is 1.84 bits per heavy atom. The molecule has 43 heavy (non-hydrogen) atoms. The van der Waals surface area contributed by atoms with Gasteiger partial charge in [-0.1, -0.05) is 20.8 Å². The van der Waals surface area contributed by atoms with Crippen LogP contribution in [0.25, 0.3) is 32.9 Å². The molecule has 11 heteroatoms. The summed E-state index contributed by atoms with van der Waals surface area (Å²) in [7, 11) is 3.62. The summed E-state index contributed by atoms with van der Waals surface area (Å²) in [5.41, 5.74) is 3.23. The number of aryl methyl sites for hydroxylation is 1. The molecule has 0 aliphatic carbocycles. The number of likely N-dealkylation sites (N-methyl/N-ethyl adjacent to an activating group) is 1. The van der Waals surface area contributed by atoms with Crippen molar-refractivity contribution in [1.29, 1.82) is 0 Å². The minimum Gasteiger partial charge on any atom is -0.542 e. The number of nitrogens with zero attached hydrogens (tertiary/aromatic N) is 6. The fourth-order valence-electron chi connectivity index (χ4n) is 4.76. The summed E-state index contributed by atoms with van der Waals surface area (Å²) in [4.78, 5) is 15.7. The Bertz CT molecular complexity index is 1780. The second-order valence-electron chi connectivity index (χ2n) is 12.8. The minimum absolute atomic E-state index is 0.0551. The van der Waals surface area contributed by atoms with Crippen molar-refractivity contribution in [3.8, 4) is 22.6 Å². The summed E-state index contributed by atoms with van der Waals surface area (Å²) in [6.07, 6.45) is 6.74. The van der Waals surface area contributed by atoms with E-state index in [2.05, 4.69) is 64.1 Å². The van der Waals surface area contributed by atoms with Crippen LogP contribution in [0.2, 0.25) is 18.1 Å². The molecule has 226 valence electrons. The van der Waals surface area contributed by atoms with Gasteiger partial charge in [0.15, 0.2) is 5.82 Å². The summed E-state index contributed by atoms with van der Waals surface area (Å²) in [6.45, 7) is 13.5. The lowest BCUT2D eigenvalue weighted by atomic mass is 10.1. The van der Waals surface area contributed by atoms with E-state index in [0.717, 1.165) is 11.1 Å².